The smallest absolute Gasteiger partial charge is 0.327 e. The van der Waals surface area contributed by atoms with Crippen molar-refractivity contribution < 1.29 is 9.53 Å². The lowest BCUT2D eigenvalue weighted by atomic mass is 10.0. The fraction of sp³-hybridized carbons (Fsp3) is 0.348. The minimum atomic E-state index is -0.356. The number of carbonyl (C=O) groups excluding carboxylic acids is 1. The number of urea groups is 1. The number of nitrogens with one attached hydrogen (secondary N) is 3. The zero-order valence-corrected chi connectivity index (χ0v) is 19.2. The van der Waals surface area contributed by atoms with Gasteiger partial charge in [-0.2, -0.15) is 5.10 Å². The zero-order valence-electron chi connectivity index (χ0n) is 19.2. The number of rotatable bonds is 6. The van der Waals surface area contributed by atoms with Gasteiger partial charge < -0.3 is 19.5 Å². The van der Waals surface area contributed by atoms with E-state index in [4.69, 9.17) is 4.74 Å². The number of aromatic amines is 2. The molecule has 0 bridgehead atoms. The van der Waals surface area contributed by atoms with Crippen molar-refractivity contribution in [2.45, 2.75) is 25.4 Å². The van der Waals surface area contributed by atoms with Crippen LogP contribution in [-0.4, -0.2) is 67.0 Å². The minimum Gasteiger partial charge on any atom is -0.383 e. The normalized spacial score (nSPS) is 14.5. The Labute approximate surface area is 199 Å². The van der Waals surface area contributed by atoms with Crippen molar-refractivity contribution in [3.63, 3.8) is 0 Å². The number of fused-ring (bicyclic) bond motifs is 1. The summed E-state index contributed by atoms with van der Waals surface area (Å²) in [4.78, 5) is 47.2. The maximum atomic E-state index is 13.1. The Morgan fingerprint density at radius 2 is 2.09 bits per heavy atom. The number of piperidine rings is 1. The van der Waals surface area contributed by atoms with E-state index in [1.807, 2.05) is 6.07 Å². The van der Waals surface area contributed by atoms with Crippen LogP contribution in [0.15, 0.2) is 52.4 Å². The molecule has 1 fully saturated rings. The van der Waals surface area contributed by atoms with Gasteiger partial charge in [-0.05, 0) is 37.1 Å². The molecule has 1 aliphatic heterocycles. The van der Waals surface area contributed by atoms with Crippen molar-refractivity contribution >= 4 is 22.9 Å². The molecule has 0 aromatic carbocycles. The van der Waals surface area contributed by atoms with Crippen LogP contribution in [0.25, 0.3) is 22.4 Å². The third-order valence-electron chi connectivity index (χ3n) is 6.27. The quantitative estimate of drug-likeness (QED) is 0.386. The maximum absolute atomic E-state index is 13.1. The average Bonchev–Trinajstić information content (AvgIpc) is 3.52. The van der Waals surface area contributed by atoms with Crippen molar-refractivity contribution in [1.29, 1.82) is 0 Å². The van der Waals surface area contributed by atoms with Gasteiger partial charge in [0.05, 0.1) is 17.8 Å². The molecule has 5 heterocycles. The molecule has 2 amide bonds. The summed E-state index contributed by atoms with van der Waals surface area (Å²) in [5.74, 6) is 0. The summed E-state index contributed by atoms with van der Waals surface area (Å²) < 4.78 is 8.34. The lowest BCUT2D eigenvalue weighted by Gasteiger charge is -2.32. The highest BCUT2D eigenvalue weighted by Gasteiger charge is 2.27. The fourth-order valence-corrected chi connectivity index (χ4v) is 4.48. The molecule has 4 aromatic rings. The molecule has 0 radical (unpaired) electrons. The molecular weight excluding hydrogens is 452 g/mol. The highest BCUT2D eigenvalue weighted by atomic mass is 16.5. The van der Waals surface area contributed by atoms with Gasteiger partial charge in [0.15, 0.2) is 5.65 Å². The molecule has 0 aliphatic carbocycles. The monoisotopic (exact) mass is 478 g/mol. The van der Waals surface area contributed by atoms with E-state index >= 15 is 0 Å². The van der Waals surface area contributed by atoms with Crippen LogP contribution in [0, 0.1) is 0 Å². The number of likely N-dealkylation sites (tertiary alicyclic amines) is 1. The number of imidazole rings is 1. The fourth-order valence-electron chi connectivity index (χ4n) is 4.48. The highest BCUT2D eigenvalue weighted by Crippen LogP contribution is 2.25. The van der Waals surface area contributed by atoms with E-state index in [9.17, 15) is 14.4 Å². The molecule has 1 aliphatic rings. The number of methoxy groups -OCH3 is 1. The Kier molecular flexibility index (Phi) is 6.19. The first-order valence-corrected chi connectivity index (χ1v) is 11.4. The van der Waals surface area contributed by atoms with Crippen LogP contribution in [0.1, 0.15) is 18.9 Å². The maximum Gasteiger partial charge on any atom is 0.327 e. The summed E-state index contributed by atoms with van der Waals surface area (Å²) in [6.07, 6.45) is 6.25. The first-order valence-electron chi connectivity index (χ1n) is 11.4. The van der Waals surface area contributed by atoms with Crippen LogP contribution in [0.2, 0.25) is 0 Å². The van der Waals surface area contributed by atoms with E-state index < -0.39 is 0 Å². The second-order valence-electron chi connectivity index (χ2n) is 8.41. The number of anilines is 1. The summed E-state index contributed by atoms with van der Waals surface area (Å²) in [5.41, 5.74) is 2.32. The molecule has 5 rings (SSSR count). The van der Waals surface area contributed by atoms with Crippen molar-refractivity contribution in [3.05, 3.63) is 63.7 Å². The molecule has 0 atom stereocenters. The van der Waals surface area contributed by atoms with Gasteiger partial charge in [-0.15, -0.1) is 0 Å². The van der Waals surface area contributed by atoms with Crippen molar-refractivity contribution in [1.82, 2.24) is 34.2 Å². The van der Waals surface area contributed by atoms with Gasteiger partial charge in [-0.1, -0.05) is 0 Å². The number of H-pyrrole nitrogens is 2. The van der Waals surface area contributed by atoms with Crippen molar-refractivity contribution in [2.24, 2.45) is 0 Å². The lowest BCUT2D eigenvalue weighted by molar-refractivity contribution is 0.183. The molecule has 4 aromatic heterocycles. The largest absolute Gasteiger partial charge is 0.383 e. The molecule has 0 spiro atoms. The average molecular weight is 479 g/mol. The van der Waals surface area contributed by atoms with E-state index in [0.29, 0.717) is 56.0 Å². The number of nitrogens with zero attached hydrogens (tertiary/aromatic N) is 5. The van der Waals surface area contributed by atoms with Gasteiger partial charge in [0.2, 0.25) is 0 Å². The predicted octanol–water partition coefficient (Wildman–Crippen LogP) is 1.79. The first-order chi connectivity index (χ1) is 17.0. The van der Waals surface area contributed by atoms with Crippen LogP contribution in [-0.2, 0) is 11.3 Å². The standard InChI is InChI=1S/C23H26N8O4/c1-35-12-11-30-14-15(17-4-8-25-28-17)13-18(21(30)32)26-22(33)29-9-5-16(6-10-29)31-19-3-2-7-24-20(19)27-23(31)34/h2-4,7-8,13-14,16H,5-6,9-12H2,1H3,(H,25,28)(H,26,33)(H,24,27,34). The minimum absolute atomic E-state index is 0.0428. The van der Waals surface area contributed by atoms with Gasteiger partial charge >= 0.3 is 11.7 Å². The number of pyridine rings is 2. The molecule has 1 saturated heterocycles. The number of carbonyl (C=O) groups is 1. The predicted molar refractivity (Wildman–Crippen MR) is 129 cm³/mol. The number of hydrogen-bond donors (Lipinski definition) is 3. The number of amides is 2. The number of ether oxygens (including phenoxy) is 1. The van der Waals surface area contributed by atoms with E-state index in [0.717, 1.165) is 5.52 Å². The number of aromatic nitrogens is 6. The van der Waals surface area contributed by atoms with Gasteiger partial charge in [-0.25, -0.2) is 14.6 Å². The first kappa shape index (κ1) is 22.6. The molecule has 0 saturated carbocycles. The Hall–Kier alpha value is -4.19. The van der Waals surface area contributed by atoms with E-state index in [1.54, 1.807) is 53.4 Å². The zero-order chi connectivity index (χ0) is 24.4. The summed E-state index contributed by atoms with van der Waals surface area (Å²) >= 11 is 0. The third kappa shape index (κ3) is 4.47. The molecule has 0 unspecified atom stereocenters. The summed E-state index contributed by atoms with van der Waals surface area (Å²) in [6, 6.07) is 6.68. The molecule has 182 valence electrons. The van der Waals surface area contributed by atoms with Crippen LogP contribution < -0.4 is 16.6 Å². The second kappa shape index (κ2) is 9.58. The van der Waals surface area contributed by atoms with Gasteiger partial charge in [0, 0.05) is 56.9 Å². The van der Waals surface area contributed by atoms with E-state index in [2.05, 4.69) is 25.5 Å². The molecule has 12 nitrogen and oxygen atoms in total. The van der Waals surface area contributed by atoms with Crippen LogP contribution in [0.5, 0.6) is 0 Å². The Bertz CT molecular complexity index is 1440. The molecular formula is C23H26N8O4. The van der Waals surface area contributed by atoms with Crippen molar-refractivity contribution in [3.8, 4) is 11.3 Å². The van der Waals surface area contributed by atoms with Crippen LogP contribution in [0.4, 0.5) is 10.5 Å². The SMILES string of the molecule is COCCn1cc(-c2cc[nH]n2)cc(NC(=O)N2CCC(n3c(=O)[nH]c4ncccc43)CC2)c1=O. The second-order valence-corrected chi connectivity index (χ2v) is 8.41. The molecule has 12 heteroatoms. The third-order valence-corrected chi connectivity index (χ3v) is 6.27. The van der Waals surface area contributed by atoms with Gasteiger partial charge in [0.25, 0.3) is 5.56 Å². The Balaban J connectivity index is 1.32. The molecule has 35 heavy (non-hydrogen) atoms. The van der Waals surface area contributed by atoms with E-state index in [-0.39, 0.29) is 29.0 Å². The van der Waals surface area contributed by atoms with Gasteiger partial charge in [-0.3, -0.25) is 19.4 Å². The highest BCUT2D eigenvalue weighted by molar-refractivity contribution is 5.90. The number of hydrogen-bond acceptors (Lipinski definition) is 6. The molecule has 3 N–H and O–H groups in total. The van der Waals surface area contributed by atoms with Gasteiger partial charge in [0.1, 0.15) is 5.69 Å². The van der Waals surface area contributed by atoms with Crippen LogP contribution >= 0.6 is 0 Å². The Morgan fingerprint density at radius 1 is 1.26 bits per heavy atom. The topological polar surface area (TPSA) is 143 Å². The van der Waals surface area contributed by atoms with E-state index in [1.165, 1.54) is 4.57 Å². The summed E-state index contributed by atoms with van der Waals surface area (Å²) in [7, 11) is 1.57. The van der Waals surface area contributed by atoms with Crippen LogP contribution in [0.3, 0.4) is 0 Å². The summed E-state index contributed by atoms with van der Waals surface area (Å²) in [5, 5.41) is 9.72. The Morgan fingerprint density at radius 3 is 2.83 bits per heavy atom. The lowest BCUT2D eigenvalue weighted by Crippen LogP contribution is -2.43. The summed E-state index contributed by atoms with van der Waals surface area (Å²) in [6.45, 7) is 1.60. The van der Waals surface area contributed by atoms with Crippen molar-refractivity contribution in [2.75, 3.05) is 32.1 Å².